The maximum absolute atomic E-state index is 5.86. The van der Waals surface area contributed by atoms with Gasteiger partial charge >= 0.3 is 0 Å². The van der Waals surface area contributed by atoms with Crippen LogP contribution in [0.2, 0.25) is 5.02 Å². The summed E-state index contributed by atoms with van der Waals surface area (Å²) in [7, 11) is 0. The van der Waals surface area contributed by atoms with Crippen molar-refractivity contribution in [2.75, 3.05) is 17.2 Å². The summed E-state index contributed by atoms with van der Waals surface area (Å²) >= 11 is 5.86. The summed E-state index contributed by atoms with van der Waals surface area (Å²) in [6.45, 7) is 3.86. The van der Waals surface area contributed by atoms with Crippen molar-refractivity contribution >= 4 is 23.0 Å². The number of hydrogen-bond donors (Lipinski definition) is 2. The fourth-order valence-electron chi connectivity index (χ4n) is 1.71. The molecule has 0 fully saturated rings. The number of nitrogens with one attached hydrogen (secondary N) is 2. The molecule has 0 amide bonds. The third kappa shape index (κ3) is 4.45. The third-order valence-corrected chi connectivity index (χ3v) is 2.98. The predicted molar refractivity (Wildman–Crippen MR) is 81.8 cm³/mol. The maximum Gasteiger partial charge on any atom is 0.0550 e. The second kappa shape index (κ2) is 7.00. The summed E-state index contributed by atoms with van der Waals surface area (Å²) < 4.78 is 0. The van der Waals surface area contributed by atoms with Crippen LogP contribution in [0.5, 0.6) is 0 Å². The Kier molecular flexibility index (Phi) is 5.04. The highest BCUT2D eigenvalue weighted by Crippen LogP contribution is 2.15. The van der Waals surface area contributed by atoms with Crippen LogP contribution in [-0.4, -0.2) is 11.5 Å². The molecule has 0 unspecified atom stereocenters. The Bertz CT molecular complexity index is 511. The molecule has 19 heavy (non-hydrogen) atoms. The van der Waals surface area contributed by atoms with E-state index in [4.69, 9.17) is 11.6 Å². The van der Waals surface area contributed by atoms with E-state index in [0.717, 1.165) is 35.9 Å². The van der Waals surface area contributed by atoms with Gasteiger partial charge in [0.1, 0.15) is 0 Å². The molecule has 0 saturated carbocycles. The molecule has 2 aromatic rings. The van der Waals surface area contributed by atoms with Gasteiger partial charge in [-0.2, -0.15) is 0 Å². The SMILES string of the molecule is CCCNc1cncc(NCc2ccc(Cl)cc2)c1. The van der Waals surface area contributed by atoms with E-state index in [2.05, 4.69) is 28.6 Å². The number of halogens is 1. The molecule has 0 aliphatic heterocycles. The molecule has 2 N–H and O–H groups in total. The molecule has 0 radical (unpaired) electrons. The van der Waals surface area contributed by atoms with Gasteiger partial charge in [-0.3, -0.25) is 4.98 Å². The van der Waals surface area contributed by atoms with E-state index in [0.29, 0.717) is 0 Å². The first-order chi connectivity index (χ1) is 9.28. The van der Waals surface area contributed by atoms with Gasteiger partial charge in [-0.15, -0.1) is 0 Å². The summed E-state index contributed by atoms with van der Waals surface area (Å²) in [6.07, 6.45) is 4.76. The Morgan fingerprint density at radius 3 is 2.42 bits per heavy atom. The van der Waals surface area contributed by atoms with Crippen molar-refractivity contribution in [3.63, 3.8) is 0 Å². The molecule has 0 aliphatic carbocycles. The van der Waals surface area contributed by atoms with Crippen molar-refractivity contribution in [1.29, 1.82) is 0 Å². The van der Waals surface area contributed by atoms with Crippen LogP contribution in [0.15, 0.2) is 42.7 Å². The molecule has 100 valence electrons. The third-order valence-electron chi connectivity index (χ3n) is 2.73. The van der Waals surface area contributed by atoms with E-state index in [-0.39, 0.29) is 0 Å². The molecule has 0 aliphatic rings. The van der Waals surface area contributed by atoms with Gasteiger partial charge in [0, 0.05) is 18.1 Å². The van der Waals surface area contributed by atoms with Crippen LogP contribution in [0.1, 0.15) is 18.9 Å². The van der Waals surface area contributed by atoms with Crippen LogP contribution in [0.3, 0.4) is 0 Å². The molecule has 2 rings (SSSR count). The van der Waals surface area contributed by atoms with Crippen molar-refractivity contribution in [2.45, 2.75) is 19.9 Å². The quantitative estimate of drug-likeness (QED) is 0.831. The van der Waals surface area contributed by atoms with Gasteiger partial charge in [-0.1, -0.05) is 30.7 Å². The molecule has 1 aromatic carbocycles. The lowest BCUT2D eigenvalue weighted by Crippen LogP contribution is -2.03. The molecule has 4 heteroatoms. The molecule has 0 bridgehead atoms. The van der Waals surface area contributed by atoms with E-state index in [1.807, 2.05) is 36.7 Å². The lowest BCUT2D eigenvalue weighted by molar-refractivity contribution is 0.977. The van der Waals surface area contributed by atoms with Crippen LogP contribution in [0.25, 0.3) is 0 Å². The monoisotopic (exact) mass is 275 g/mol. The van der Waals surface area contributed by atoms with Crippen molar-refractivity contribution < 1.29 is 0 Å². The topological polar surface area (TPSA) is 37.0 Å². The minimum Gasteiger partial charge on any atom is -0.384 e. The smallest absolute Gasteiger partial charge is 0.0550 e. The van der Waals surface area contributed by atoms with Gasteiger partial charge in [-0.05, 0) is 30.2 Å². The maximum atomic E-state index is 5.86. The Balaban J connectivity index is 1.93. The number of pyridine rings is 1. The second-order valence-electron chi connectivity index (χ2n) is 4.37. The molecule has 1 heterocycles. The molecule has 3 nitrogen and oxygen atoms in total. The van der Waals surface area contributed by atoms with E-state index < -0.39 is 0 Å². The minimum atomic E-state index is 0.760. The summed E-state index contributed by atoms with van der Waals surface area (Å²) in [5.41, 5.74) is 3.25. The molecular formula is C15H18ClN3. The van der Waals surface area contributed by atoms with Crippen LogP contribution in [0, 0.1) is 0 Å². The highest BCUT2D eigenvalue weighted by molar-refractivity contribution is 6.30. The van der Waals surface area contributed by atoms with Crippen molar-refractivity contribution in [3.05, 3.63) is 53.3 Å². The fraction of sp³-hybridized carbons (Fsp3) is 0.267. The van der Waals surface area contributed by atoms with Gasteiger partial charge in [-0.25, -0.2) is 0 Å². The molecule has 0 saturated heterocycles. The standard InChI is InChI=1S/C15H18ClN3/c1-2-7-18-14-8-15(11-17-10-14)19-9-12-3-5-13(16)6-4-12/h3-6,8,10-11,18-19H,2,7,9H2,1H3. The van der Waals surface area contributed by atoms with E-state index >= 15 is 0 Å². The van der Waals surface area contributed by atoms with Gasteiger partial charge in [0.25, 0.3) is 0 Å². The van der Waals surface area contributed by atoms with Crippen LogP contribution in [0.4, 0.5) is 11.4 Å². The summed E-state index contributed by atoms with van der Waals surface area (Å²) in [5, 5.41) is 7.43. The van der Waals surface area contributed by atoms with Gasteiger partial charge < -0.3 is 10.6 Å². The number of rotatable bonds is 6. The van der Waals surface area contributed by atoms with Gasteiger partial charge in [0.2, 0.25) is 0 Å². The lowest BCUT2D eigenvalue weighted by atomic mass is 10.2. The molecular weight excluding hydrogens is 258 g/mol. The van der Waals surface area contributed by atoms with Crippen molar-refractivity contribution in [3.8, 4) is 0 Å². The Morgan fingerprint density at radius 2 is 1.74 bits per heavy atom. The first-order valence-corrected chi connectivity index (χ1v) is 6.83. The number of nitrogens with zero attached hydrogens (tertiary/aromatic N) is 1. The lowest BCUT2D eigenvalue weighted by Gasteiger charge is -2.09. The zero-order valence-corrected chi connectivity index (χ0v) is 11.7. The average Bonchev–Trinajstić information content (AvgIpc) is 2.45. The zero-order valence-electron chi connectivity index (χ0n) is 11.0. The Morgan fingerprint density at radius 1 is 1.05 bits per heavy atom. The molecule has 1 aromatic heterocycles. The predicted octanol–water partition coefficient (Wildman–Crippen LogP) is 4.17. The van der Waals surface area contributed by atoms with Crippen LogP contribution >= 0.6 is 11.6 Å². The first kappa shape index (κ1) is 13.7. The summed E-state index contributed by atoms with van der Waals surface area (Å²) in [4.78, 5) is 4.22. The second-order valence-corrected chi connectivity index (χ2v) is 4.81. The molecule has 0 spiro atoms. The number of hydrogen-bond acceptors (Lipinski definition) is 3. The van der Waals surface area contributed by atoms with E-state index in [1.165, 1.54) is 5.56 Å². The van der Waals surface area contributed by atoms with E-state index in [9.17, 15) is 0 Å². The van der Waals surface area contributed by atoms with Gasteiger partial charge in [0.15, 0.2) is 0 Å². The van der Waals surface area contributed by atoms with Crippen LogP contribution in [-0.2, 0) is 6.54 Å². The number of anilines is 2. The molecule has 0 atom stereocenters. The number of benzene rings is 1. The van der Waals surface area contributed by atoms with Gasteiger partial charge in [0.05, 0.1) is 23.8 Å². The normalized spacial score (nSPS) is 10.2. The summed E-state index contributed by atoms with van der Waals surface area (Å²) in [6, 6.07) is 9.90. The first-order valence-electron chi connectivity index (χ1n) is 6.45. The number of aromatic nitrogens is 1. The van der Waals surface area contributed by atoms with Crippen molar-refractivity contribution in [1.82, 2.24) is 4.98 Å². The fourth-order valence-corrected chi connectivity index (χ4v) is 1.83. The average molecular weight is 276 g/mol. The highest BCUT2D eigenvalue weighted by Gasteiger charge is 1.97. The van der Waals surface area contributed by atoms with Crippen molar-refractivity contribution in [2.24, 2.45) is 0 Å². The summed E-state index contributed by atoms with van der Waals surface area (Å²) in [5.74, 6) is 0. The minimum absolute atomic E-state index is 0.760. The highest BCUT2D eigenvalue weighted by atomic mass is 35.5. The largest absolute Gasteiger partial charge is 0.384 e. The van der Waals surface area contributed by atoms with E-state index in [1.54, 1.807) is 0 Å². The Hall–Kier alpha value is -1.74. The van der Waals surface area contributed by atoms with Crippen LogP contribution < -0.4 is 10.6 Å². The Labute approximate surface area is 119 Å². The zero-order chi connectivity index (χ0) is 13.5.